The van der Waals surface area contributed by atoms with Crippen LogP contribution in [0, 0.1) is 0 Å². The highest BCUT2D eigenvalue weighted by atomic mass is 35.5. The number of furan rings is 1. The van der Waals surface area contributed by atoms with Crippen LogP contribution in [0.5, 0.6) is 0 Å². The Morgan fingerprint density at radius 2 is 1.79 bits per heavy atom. The van der Waals surface area contributed by atoms with E-state index in [-0.39, 0.29) is 27.3 Å². The van der Waals surface area contributed by atoms with Crippen LogP contribution in [0.2, 0.25) is 10.2 Å². The molecular weight excluding hydrogens is 434 g/mol. The van der Waals surface area contributed by atoms with Crippen molar-refractivity contribution in [1.82, 2.24) is 4.57 Å². The molecule has 0 radical (unpaired) electrons. The third-order valence-corrected chi connectivity index (χ3v) is 4.77. The number of nitrogens with one attached hydrogen (secondary N) is 2. The summed E-state index contributed by atoms with van der Waals surface area (Å²) in [7, 11) is 1.45. The van der Waals surface area contributed by atoms with E-state index in [1.807, 2.05) is 0 Å². The third kappa shape index (κ3) is 4.41. The van der Waals surface area contributed by atoms with Gasteiger partial charge < -0.3 is 19.6 Å². The number of carbonyl (C=O) groups is 2. The lowest BCUT2D eigenvalue weighted by atomic mass is 10.1. The molecule has 0 aliphatic rings. The summed E-state index contributed by atoms with van der Waals surface area (Å²) in [4.78, 5) is 24.4. The van der Waals surface area contributed by atoms with Crippen LogP contribution in [0.15, 0.2) is 47.1 Å². The van der Waals surface area contributed by atoms with Gasteiger partial charge in [0, 0.05) is 12.7 Å². The van der Waals surface area contributed by atoms with Gasteiger partial charge in [-0.05, 0) is 36.4 Å². The second kappa shape index (κ2) is 7.84. The van der Waals surface area contributed by atoms with Gasteiger partial charge >= 0.3 is 6.18 Å². The molecule has 0 saturated carbocycles. The summed E-state index contributed by atoms with van der Waals surface area (Å²) >= 11 is 11.7. The van der Waals surface area contributed by atoms with Gasteiger partial charge in [0.05, 0.1) is 22.5 Å². The summed E-state index contributed by atoms with van der Waals surface area (Å²) in [5, 5.41) is 4.66. The predicted molar refractivity (Wildman–Crippen MR) is 101 cm³/mol. The molecule has 29 heavy (non-hydrogen) atoms. The van der Waals surface area contributed by atoms with Gasteiger partial charge in [0.1, 0.15) is 10.8 Å². The molecule has 0 fully saturated rings. The van der Waals surface area contributed by atoms with Gasteiger partial charge in [-0.25, -0.2) is 0 Å². The molecule has 0 bridgehead atoms. The van der Waals surface area contributed by atoms with Gasteiger partial charge in [-0.3, -0.25) is 9.59 Å². The fraction of sp³-hybridized carbons (Fsp3) is 0.111. The highest BCUT2D eigenvalue weighted by Gasteiger charge is 2.35. The lowest BCUT2D eigenvalue weighted by molar-refractivity contribution is -0.136. The molecule has 2 heterocycles. The zero-order chi connectivity index (χ0) is 21.3. The number of hydrogen-bond acceptors (Lipinski definition) is 3. The molecule has 0 spiro atoms. The van der Waals surface area contributed by atoms with Crippen molar-refractivity contribution >= 4 is 46.4 Å². The van der Waals surface area contributed by atoms with E-state index in [9.17, 15) is 22.8 Å². The number of amides is 2. The number of halogens is 5. The van der Waals surface area contributed by atoms with Gasteiger partial charge in [0.2, 0.25) is 0 Å². The summed E-state index contributed by atoms with van der Waals surface area (Å²) in [6.07, 6.45) is -3.53. The van der Waals surface area contributed by atoms with Crippen LogP contribution in [-0.2, 0) is 13.2 Å². The zero-order valence-electron chi connectivity index (χ0n) is 14.6. The fourth-order valence-electron chi connectivity index (χ4n) is 2.51. The first-order chi connectivity index (χ1) is 13.6. The van der Waals surface area contributed by atoms with Gasteiger partial charge in [0.25, 0.3) is 11.8 Å². The number of anilines is 2. The Labute approximate surface area is 172 Å². The maximum atomic E-state index is 13.5. The average molecular weight is 446 g/mol. The van der Waals surface area contributed by atoms with Crippen LogP contribution in [0.1, 0.15) is 26.6 Å². The van der Waals surface area contributed by atoms with Crippen LogP contribution in [0.3, 0.4) is 0 Å². The van der Waals surface area contributed by atoms with E-state index in [1.54, 1.807) is 0 Å². The standard InChI is InChI=1S/C18H12Cl2F3N3O3/c1-26-13(8-11(19)15(26)20)16(27)25-12-5-4-9(7-10(12)18(21,22)23)24-17(28)14-3-2-6-29-14/h2-8H,1H3,(H,24,28)(H,25,27). The molecule has 2 aromatic heterocycles. The maximum Gasteiger partial charge on any atom is 0.418 e. The Hall–Kier alpha value is -2.91. The van der Waals surface area contributed by atoms with Crippen molar-refractivity contribution < 1.29 is 27.2 Å². The molecule has 152 valence electrons. The molecule has 0 aliphatic carbocycles. The van der Waals surface area contributed by atoms with Crippen LogP contribution in [0.25, 0.3) is 0 Å². The topological polar surface area (TPSA) is 76.3 Å². The summed E-state index contributed by atoms with van der Waals surface area (Å²) in [6.45, 7) is 0. The minimum Gasteiger partial charge on any atom is -0.459 e. The lowest BCUT2D eigenvalue weighted by Crippen LogP contribution is -2.19. The molecule has 2 N–H and O–H groups in total. The summed E-state index contributed by atoms with van der Waals surface area (Å²) in [5.74, 6) is -1.61. The largest absolute Gasteiger partial charge is 0.459 e. The van der Waals surface area contributed by atoms with Crippen molar-refractivity contribution in [2.45, 2.75) is 6.18 Å². The van der Waals surface area contributed by atoms with E-state index in [1.165, 1.54) is 42.1 Å². The SMILES string of the molecule is Cn1c(C(=O)Nc2ccc(NC(=O)c3ccco3)cc2C(F)(F)F)cc(Cl)c1Cl. The molecular formula is C18H12Cl2F3N3O3. The summed E-state index contributed by atoms with van der Waals surface area (Å²) < 4.78 is 46.7. The predicted octanol–water partition coefficient (Wildman–Crippen LogP) is 5.45. The van der Waals surface area contributed by atoms with E-state index in [0.29, 0.717) is 6.07 Å². The molecule has 0 atom stereocenters. The first kappa shape index (κ1) is 20.8. The Morgan fingerprint density at radius 1 is 1.07 bits per heavy atom. The lowest BCUT2D eigenvalue weighted by Gasteiger charge is -2.16. The van der Waals surface area contributed by atoms with E-state index < -0.39 is 29.2 Å². The highest BCUT2D eigenvalue weighted by molar-refractivity contribution is 6.42. The number of alkyl halides is 3. The molecule has 0 saturated heterocycles. The Kier molecular flexibility index (Phi) is 5.63. The van der Waals surface area contributed by atoms with Gasteiger partial charge in [-0.15, -0.1) is 0 Å². The number of aromatic nitrogens is 1. The van der Waals surface area contributed by atoms with Crippen molar-refractivity contribution in [1.29, 1.82) is 0 Å². The van der Waals surface area contributed by atoms with E-state index >= 15 is 0 Å². The van der Waals surface area contributed by atoms with Crippen LogP contribution in [-0.4, -0.2) is 16.4 Å². The second-order valence-electron chi connectivity index (χ2n) is 5.87. The van der Waals surface area contributed by atoms with Crippen molar-refractivity contribution in [2.75, 3.05) is 10.6 Å². The van der Waals surface area contributed by atoms with Crippen molar-refractivity contribution in [3.8, 4) is 0 Å². The maximum absolute atomic E-state index is 13.5. The number of rotatable bonds is 4. The zero-order valence-corrected chi connectivity index (χ0v) is 16.1. The number of carbonyl (C=O) groups excluding carboxylic acids is 2. The van der Waals surface area contributed by atoms with Crippen molar-refractivity contribution in [3.05, 3.63) is 69.9 Å². The molecule has 2 amide bonds. The minimum absolute atomic E-state index is 0.0247. The van der Waals surface area contributed by atoms with Crippen molar-refractivity contribution in [3.63, 3.8) is 0 Å². The average Bonchev–Trinajstić information content (AvgIpc) is 3.27. The van der Waals surface area contributed by atoms with Crippen LogP contribution < -0.4 is 10.6 Å². The summed E-state index contributed by atoms with van der Waals surface area (Å²) in [6, 6.07) is 7.04. The molecule has 11 heteroatoms. The Balaban J connectivity index is 1.89. The fourth-order valence-corrected chi connectivity index (χ4v) is 2.89. The van der Waals surface area contributed by atoms with Gasteiger partial charge in [-0.2, -0.15) is 13.2 Å². The van der Waals surface area contributed by atoms with Crippen LogP contribution in [0.4, 0.5) is 24.5 Å². The van der Waals surface area contributed by atoms with Gasteiger partial charge in [-0.1, -0.05) is 23.2 Å². The summed E-state index contributed by atoms with van der Waals surface area (Å²) in [5.41, 5.74) is -1.79. The van der Waals surface area contributed by atoms with Crippen LogP contribution >= 0.6 is 23.2 Å². The van der Waals surface area contributed by atoms with Gasteiger partial charge in [0.15, 0.2) is 5.76 Å². The van der Waals surface area contributed by atoms with E-state index in [0.717, 1.165) is 6.07 Å². The molecule has 3 rings (SSSR count). The Bertz CT molecular complexity index is 1080. The van der Waals surface area contributed by atoms with Crippen molar-refractivity contribution in [2.24, 2.45) is 7.05 Å². The Morgan fingerprint density at radius 3 is 2.34 bits per heavy atom. The molecule has 0 aliphatic heterocycles. The monoisotopic (exact) mass is 445 g/mol. The number of hydrogen-bond donors (Lipinski definition) is 2. The highest BCUT2D eigenvalue weighted by Crippen LogP contribution is 2.37. The number of nitrogens with zero attached hydrogens (tertiary/aromatic N) is 1. The molecule has 0 unspecified atom stereocenters. The first-order valence-corrected chi connectivity index (χ1v) is 8.71. The quantitative estimate of drug-likeness (QED) is 0.560. The molecule has 1 aromatic carbocycles. The minimum atomic E-state index is -4.79. The third-order valence-electron chi connectivity index (χ3n) is 3.92. The normalized spacial score (nSPS) is 11.4. The molecule has 3 aromatic rings. The van der Waals surface area contributed by atoms with E-state index in [4.69, 9.17) is 27.6 Å². The number of benzene rings is 1. The second-order valence-corrected chi connectivity index (χ2v) is 6.64. The van der Waals surface area contributed by atoms with E-state index in [2.05, 4.69) is 10.6 Å². The molecule has 6 nitrogen and oxygen atoms in total. The first-order valence-electron chi connectivity index (χ1n) is 7.96. The smallest absolute Gasteiger partial charge is 0.418 e.